The number of fused-ring (bicyclic) bond motifs is 1. The molecule has 5 heteroatoms. The molecule has 0 aromatic heterocycles. The number of halogens is 1. The molecule has 0 saturated carbocycles. The zero-order valence-corrected chi connectivity index (χ0v) is 12.5. The van der Waals surface area contributed by atoms with Gasteiger partial charge in [0.25, 0.3) is 0 Å². The molecule has 0 atom stereocenters. The van der Waals surface area contributed by atoms with Crippen LogP contribution in [0.15, 0.2) is 48.5 Å². The molecule has 0 radical (unpaired) electrons. The summed E-state index contributed by atoms with van der Waals surface area (Å²) in [7, 11) is 0. The van der Waals surface area contributed by atoms with Gasteiger partial charge in [-0.1, -0.05) is 23.7 Å². The average molecular weight is 324 g/mol. The number of aromatic carboxylic acids is 1. The van der Waals surface area contributed by atoms with Gasteiger partial charge in [-0.05, 0) is 58.3 Å². The minimum atomic E-state index is -1.20. The molecule has 0 saturated heterocycles. The summed E-state index contributed by atoms with van der Waals surface area (Å²) in [4.78, 5) is 11.0. The topological polar surface area (TPSA) is 81.3 Å². The molecule has 4 nitrogen and oxygen atoms in total. The van der Waals surface area contributed by atoms with Crippen molar-refractivity contribution in [3.63, 3.8) is 0 Å². The lowest BCUT2D eigenvalue weighted by Crippen LogP contribution is -1.96. The standard InChI is InChI=1S/C18H10ClNO3/c19-13-3-1-11-5-10(9-20)6-15(16(11)8-13)12-2-4-14(18(22)23)17(21)7-12/h1-8,21H,(H,22,23). The van der Waals surface area contributed by atoms with Crippen molar-refractivity contribution in [2.45, 2.75) is 0 Å². The van der Waals surface area contributed by atoms with Gasteiger partial charge in [0.1, 0.15) is 11.3 Å². The summed E-state index contributed by atoms with van der Waals surface area (Å²) >= 11 is 6.06. The maximum atomic E-state index is 11.0. The summed E-state index contributed by atoms with van der Waals surface area (Å²) in [6.07, 6.45) is 0. The van der Waals surface area contributed by atoms with Gasteiger partial charge in [0.2, 0.25) is 0 Å². The van der Waals surface area contributed by atoms with E-state index in [2.05, 4.69) is 6.07 Å². The quantitative estimate of drug-likeness (QED) is 0.730. The average Bonchev–Trinajstić information content (AvgIpc) is 2.53. The van der Waals surface area contributed by atoms with Crippen molar-refractivity contribution >= 4 is 28.3 Å². The Morgan fingerprint density at radius 1 is 1.09 bits per heavy atom. The maximum absolute atomic E-state index is 11.0. The molecule has 3 aromatic carbocycles. The van der Waals surface area contributed by atoms with E-state index in [4.69, 9.17) is 16.7 Å². The lowest BCUT2D eigenvalue weighted by Gasteiger charge is -2.10. The van der Waals surface area contributed by atoms with Crippen LogP contribution >= 0.6 is 11.6 Å². The lowest BCUT2D eigenvalue weighted by molar-refractivity contribution is 0.0694. The minimum absolute atomic E-state index is 0.174. The fraction of sp³-hybridized carbons (Fsp3) is 0. The van der Waals surface area contributed by atoms with Gasteiger partial charge in [-0.25, -0.2) is 4.79 Å². The fourth-order valence-corrected chi connectivity index (χ4v) is 2.69. The normalized spacial score (nSPS) is 10.4. The van der Waals surface area contributed by atoms with E-state index in [1.54, 1.807) is 30.3 Å². The van der Waals surface area contributed by atoms with E-state index in [0.717, 1.165) is 10.8 Å². The van der Waals surface area contributed by atoms with Crippen molar-refractivity contribution in [2.24, 2.45) is 0 Å². The zero-order chi connectivity index (χ0) is 16.6. The third-order valence-corrected chi connectivity index (χ3v) is 3.82. The highest BCUT2D eigenvalue weighted by atomic mass is 35.5. The maximum Gasteiger partial charge on any atom is 0.339 e. The Labute approximate surface area is 136 Å². The van der Waals surface area contributed by atoms with Crippen LogP contribution in [0.4, 0.5) is 0 Å². The van der Waals surface area contributed by atoms with Gasteiger partial charge >= 0.3 is 5.97 Å². The molecule has 23 heavy (non-hydrogen) atoms. The second-order valence-corrected chi connectivity index (χ2v) is 5.47. The number of hydrogen-bond donors (Lipinski definition) is 2. The molecule has 112 valence electrons. The third-order valence-electron chi connectivity index (χ3n) is 3.58. The molecule has 3 aromatic rings. The van der Waals surface area contributed by atoms with Gasteiger partial charge < -0.3 is 10.2 Å². The first kappa shape index (κ1) is 14.9. The molecule has 0 amide bonds. The zero-order valence-electron chi connectivity index (χ0n) is 11.7. The fourth-order valence-electron chi connectivity index (χ4n) is 2.51. The van der Waals surface area contributed by atoms with Crippen LogP contribution in [0.5, 0.6) is 5.75 Å². The number of aromatic hydroxyl groups is 1. The van der Waals surface area contributed by atoms with Crippen molar-refractivity contribution in [1.29, 1.82) is 5.26 Å². The second-order valence-electron chi connectivity index (χ2n) is 5.04. The van der Waals surface area contributed by atoms with Gasteiger partial charge in [0.15, 0.2) is 0 Å². The largest absolute Gasteiger partial charge is 0.507 e. The molecule has 0 bridgehead atoms. The Balaban J connectivity index is 2.30. The number of nitriles is 1. The number of phenols is 1. The number of benzene rings is 3. The van der Waals surface area contributed by atoms with Gasteiger partial charge in [0, 0.05) is 5.02 Å². The van der Waals surface area contributed by atoms with E-state index >= 15 is 0 Å². The van der Waals surface area contributed by atoms with Crippen LogP contribution < -0.4 is 0 Å². The van der Waals surface area contributed by atoms with Crippen LogP contribution in [0.3, 0.4) is 0 Å². The van der Waals surface area contributed by atoms with Crippen molar-refractivity contribution < 1.29 is 15.0 Å². The van der Waals surface area contributed by atoms with Crippen molar-refractivity contribution in [2.75, 3.05) is 0 Å². The van der Waals surface area contributed by atoms with Crippen molar-refractivity contribution in [1.82, 2.24) is 0 Å². The summed E-state index contributed by atoms with van der Waals surface area (Å²) in [6, 6.07) is 15.2. The highest BCUT2D eigenvalue weighted by molar-refractivity contribution is 6.31. The summed E-state index contributed by atoms with van der Waals surface area (Å²) in [6.45, 7) is 0. The van der Waals surface area contributed by atoms with Crippen LogP contribution in [-0.4, -0.2) is 16.2 Å². The Hall–Kier alpha value is -3.03. The molecular weight excluding hydrogens is 314 g/mol. The number of nitrogens with zero attached hydrogens (tertiary/aromatic N) is 1. The SMILES string of the molecule is N#Cc1cc(-c2ccc(C(=O)O)c(O)c2)c2cc(Cl)ccc2c1. The molecule has 0 unspecified atom stereocenters. The van der Waals surface area contributed by atoms with Crippen molar-refractivity contribution in [3.05, 3.63) is 64.7 Å². The first-order valence-corrected chi connectivity index (χ1v) is 7.07. The van der Waals surface area contributed by atoms with Crippen LogP contribution in [0, 0.1) is 11.3 Å². The minimum Gasteiger partial charge on any atom is -0.507 e. The Bertz CT molecular complexity index is 989. The van der Waals surface area contributed by atoms with E-state index in [-0.39, 0.29) is 11.3 Å². The number of carboxylic acids is 1. The smallest absolute Gasteiger partial charge is 0.339 e. The van der Waals surface area contributed by atoms with E-state index < -0.39 is 5.97 Å². The number of carboxylic acid groups (broad SMARTS) is 1. The van der Waals surface area contributed by atoms with Gasteiger partial charge in [-0.2, -0.15) is 5.26 Å². The molecule has 0 fully saturated rings. The molecule has 0 aliphatic carbocycles. The number of hydrogen-bond acceptors (Lipinski definition) is 3. The highest BCUT2D eigenvalue weighted by Gasteiger charge is 2.13. The van der Waals surface area contributed by atoms with E-state index in [1.807, 2.05) is 6.07 Å². The summed E-state index contributed by atoms with van der Waals surface area (Å²) in [5.41, 5.74) is 1.61. The van der Waals surface area contributed by atoms with Crippen LogP contribution in [0.2, 0.25) is 5.02 Å². The molecule has 0 aliphatic rings. The summed E-state index contributed by atoms with van der Waals surface area (Å²) in [5.74, 6) is -1.53. The summed E-state index contributed by atoms with van der Waals surface area (Å²) in [5, 5.41) is 30.3. The first-order valence-electron chi connectivity index (χ1n) is 6.69. The Kier molecular flexibility index (Phi) is 3.65. The van der Waals surface area contributed by atoms with Crippen LogP contribution in [0.25, 0.3) is 21.9 Å². The molecule has 3 rings (SSSR count). The molecule has 0 spiro atoms. The lowest BCUT2D eigenvalue weighted by atomic mass is 9.95. The second kappa shape index (κ2) is 5.64. The van der Waals surface area contributed by atoms with Crippen LogP contribution in [0.1, 0.15) is 15.9 Å². The summed E-state index contributed by atoms with van der Waals surface area (Å²) < 4.78 is 0. The number of rotatable bonds is 2. The third kappa shape index (κ3) is 2.70. The monoisotopic (exact) mass is 323 g/mol. The Morgan fingerprint density at radius 3 is 2.52 bits per heavy atom. The highest BCUT2D eigenvalue weighted by Crippen LogP contribution is 2.34. The van der Waals surface area contributed by atoms with Gasteiger partial charge in [0.05, 0.1) is 11.6 Å². The molecular formula is C18H10ClNO3. The number of carbonyl (C=O) groups is 1. The molecule has 0 heterocycles. The predicted octanol–water partition coefficient (Wildman–Crippen LogP) is 4.44. The van der Waals surface area contributed by atoms with Gasteiger partial charge in [-0.3, -0.25) is 0 Å². The van der Waals surface area contributed by atoms with Crippen LogP contribution in [-0.2, 0) is 0 Å². The predicted molar refractivity (Wildman–Crippen MR) is 87.7 cm³/mol. The molecule has 2 N–H and O–H groups in total. The van der Waals surface area contributed by atoms with E-state index in [9.17, 15) is 15.2 Å². The van der Waals surface area contributed by atoms with E-state index in [0.29, 0.717) is 21.7 Å². The van der Waals surface area contributed by atoms with Crippen molar-refractivity contribution in [3.8, 4) is 22.9 Å². The Morgan fingerprint density at radius 2 is 1.87 bits per heavy atom. The first-order chi connectivity index (χ1) is 11.0. The molecule has 0 aliphatic heterocycles. The van der Waals surface area contributed by atoms with E-state index in [1.165, 1.54) is 12.1 Å². The van der Waals surface area contributed by atoms with Gasteiger partial charge in [-0.15, -0.1) is 0 Å².